The van der Waals surface area contributed by atoms with Crippen molar-refractivity contribution >= 4 is 45.0 Å². The number of benzene rings is 4. The Bertz CT molecular complexity index is 1480. The lowest BCUT2D eigenvalue weighted by molar-refractivity contribution is -0.119. The highest BCUT2D eigenvalue weighted by Crippen LogP contribution is 2.28. The van der Waals surface area contributed by atoms with Gasteiger partial charge in [0.25, 0.3) is 10.0 Å². The van der Waals surface area contributed by atoms with E-state index < -0.39 is 15.9 Å². The number of hydrogen-bond acceptors (Lipinski definition) is 5. The first-order valence-electron chi connectivity index (χ1n) is 12.3. The summed E-state index contributed by atoms with van der Waals surface area (Å²) in [5.41, 5.74) is 2.41. The number of ether oxygens (including phenoxy) is 1. The van der Waals surface area contributed by atoms with Gasteiger partial charge < -0.3 is 10.1 Å². The third kappa shape index (κ3) is 8.26. The van der Waals surface area contributed by atoms with Crippen molar-refractivity contribution in [1.29, 1.82) is 0 Å². The van der Waals surface area contributed by atoms with Gasteiger partial charge in [-0.05, 0) is 73.2 Å². The standard InChI is InChI=1S/C30H29ClN2O4S2/c1-23-10-16-29(17-11-23)39(35,36)33(26-12-14-28(15-13-26)37-27-8-3-2-4-9-27)21-30(34)32-18-19-38-22-24-6-5-7-25(31)20-24/h2-17,20H,18-19,21-22H2,1H3,(H,32,34). The molecular weight excluding hydrogens is 552 g/mol. The number of amides is 1. The molecule has 1 N–H and O–H groups in total. The lowest BCUT2D eigenvalue weighted by Gasteiger charge is -2.24. The number of hydrogen-bond donors (Lipinski definition) is 1. The van der Waals surface area contributed by atoms with Crippen LogP contribution in [-0.2, 0) is 20.6 Å². The van der Waals surface area contributed by atoms with E-state index in [0.29, 0.717) is 34.5 Å². The van der Waals surface area contributed by atoms with E-state index in [1.807, 2.05) is 61.5 Å². The largest absolute Gasteiger partial charge is 0.457 e. The van der Waals surface area contributed by atoms with Crippen LogP contribution in [0.25, 0.3) is 0 Å². The lowest BCUT2D eigenvalue weighted by atomic mass is 10.2. The molecule has 0 aromatic heterocycles. The molecule has 0 aliphatic carbocycles. The van der Waals surface area contributed by atoms with Crippen LogP contribution < -0.4 is 14.4 Å². The fourth-order valence-corrected chi connectivity index (χ4v) is 6.16. The molecule has 0 radical (unpaired) electrons. The Balaban J connectivity index is 1.43. The number of rotatable bonds is 12. The van der Waals surface area contributed by atoms with Crippen molar-refractivity contribution < 1.29 is 17.9 Å². The number of para-hydroxylation sites is 1. The molecule has 6 nitrogen and oxygen atoms in total. The molecule has 202 valence electrons. The van der Waals surface area contributed by atoms with E-state index in [2.05, 4.69) is 5.32 Å². The van der Waals surface area contributed by atoms with Gasteiger partial charge in [0.05, 0.1) is 10.6 Å². The van der Waals surface area contributed by atoms with Crippen LogP contribution in [0.3, 0.4) is 0 Å². The lowest BCUT2D eigenvalue weighted by Crippen LogP contribution is -2.41. The Kier molecular flexibility index (Phi) is 9.92. The zero-order valence-electron chi connectivity index (χ0n) is 21.4. The van der Waals surface area contributed by atoms with Crippen molar-refractivity contribution in [3.05, 3.63) is 119 Å². The molecule has 4 rings (SSSR count). The van der Waals surface area contributed by atoms with Gasteiger partial charge in [-0.3, -0.25) is 9.10 Å². The number of carbonyl (C=O) groups is 1. The van der Waals surface area contributed by atoms with Crippen molar-refractivity contribution in [2.75, 3.05) is 23.1 Å². The number of nitrogens with zero attached hydrogens (tertiary/aromatic N) is 1. The molecule has 0 spiro atoms. The Morgan fingerprint density at radius 2 is 1.59 bits per heavy atom. The Labute approximate surface area is 239 Å². The minimum atomic E-state index is -4.00. The molecule has 0 aliphatic heterocycles. The van der Waals surface area contributed by atoms with Gasteiger partial charge in [0.1, 0.15) is 18.0 Å². The first-order chi connectivity index (χ1) is 18.8. The fourth-order valence-electron chi connectivity index (χ4n) is 3.72. The van der Waals surface area contributed by atoms with Gasteiger partial charge in [-0.25, -0.2) is 8.42 Å². The smallest absolute Gasteiger partial charge is 0.264 e. The Morgan fingerprint density at radius 3 is 2.28 bits per heavy atom. The van der Waals surface area contributed by atoms with Gasteiger partial charge in [-0.2, -0.15) is 11.8 Å². The van der Waals surface area contributed by atoms with Gasteiger partial charge in [0, 0.05) is 23.1 Å². The molecular formula is C30H29ClN2O4S2. The highest BCUT2D eigenvalue weighted by atomic mass is 35.5. The molecule has 0 saturated heterocycles. The van der Waals surface area contributed by atoms with Crippen LogP contribution in [0.5, 0.6) is 11.5 Å². The second-order valence-electron chi connectivity index (χ2n) is 8.77. The van der Waals surface area contributed by atoms with Gasteiger partial charge in [0.15, 0.2) is 0 Å². The van der Waals surface area contributed by atoms with Crippen LogP contribution in [0.15, 0.2) is 108 Å². The highest BCUT2D eigenvalue weighted by Gasteiger charge is 2.27. The zero-order chi connectivity index (χ0) is 27.7. The topological polar surface area (TPSA) is 75.7 Å². The Hall–Kier alpha value is -3.46. The molecule has 0 heterocycles. The second kappa shape index (κ2) is 13.6. The van der Waals surface area contributed by atoms with Gasteiger partial charge in [0.2, 0.25) is 5.91 Å². The predicted molar refractivity (Wildman–Crippen MR) is 159 cm³/mol. The number of halogens is 1. The summed E-state index contributed by atoms with van der Waals surface area (Å²) in [4.78, 5) is 13.0. The van der Waals surface area contributed by atoms with Crippen LogP contribution in [0.2, 0.25) is 5.02 Å². The zero-order valence-corrected chi connectivity index (χ0v) is 23.8. The first kappa shape index (κ1) is 28.5. The number of anilines is 1. The number of carbonyl (C=O) groups excluding carboxylic acids is 1. The molecule has 1 amide bonds. The minimum absolute atomic E-state index is 0.114. The van der Waals surface area contributed by atoms with Gasteiger partial charge in [-0.1, -0.05) is 59.6 Å². The summed E-state index contributed by atoms with van der Waals surface area (Å²) < 4.78 is 34.2. The van der Waals surface area contributed by atoms with E-state index in [1.165, 1.54) is 0 Å². The number of sulfonamides is 1. The SMILES string of the molecule is Cc1ccc(S(=O)(=O)N(CC(=O)NCCSCc2cccc(Cl)c2)c2ccc(Oc3ccccc3)cc2)cc1. The number of thioether (sulfide) groups is 1. The van der Waals surface area contributed by atoms with E-state index in [4.69, 9.17) is 16.3 Å². The van der Waals surface area contributed by atoms with Gasteiger partial charge in [-0.15, -0.1) is 0 Å². The summed E-state index contributed by atoms with van der Waals surface area (Å²) in [6, 6.07) is 30.2. The molecule has 0 fully saturated rings. The average molecular weight is 581 g/mol. The van der Waals surface area contributed by atoms with Crippen molar-refractivity contribution in [2.45, 2.75) is 17.6 Å². The molecule has 4 aromatic carbocycles. The van der Waals surface area contributed by atoms with Crippen molar-refractivity contribution in [3.8, 4) is 11.5 Å². The molecule has 0 saturated carbocycles. The normalized spacial score (nSPS) is 11.1. The van der Waals surface area contributed by atoms with E-state index in [1.54, 1.807) is 60.3 Å². The minimum Gasteiger partial charge on any atom is -0.457 e. The third-order valence-corrected chi connectivity index (χ3v) is 8.78. The highest BCUT2D eigenvalue weighted by molar-refractivity contribution is 7.98. The van der Waals surface area contributed by atoms with Gasteiger partial charge >= 0.3 is 0 Å². The maximum atomic E-state index is 13.6. The van der Waals surface area contributed by atoms with Crippen molar-refractivity contribution in [2.24, 2.45) is 0 Å². The fraction of sp³-hybridized carbons (Fsp3) is 0.167. The van der Waals surface area contributed by atoms with E-state index >= 15 is 0 Å². The summed E-state index contributed by atoms with van der Waals surface area (Å²) >= 11 is 7.69. The van der Waals surface area contributed by atoms with Crippen LogP contribution in [0, 0.1) is 6.92 Å². The van der Waals surface area contributed by atoms with Crippen molar-refractivity contribution in [3.63, 3.8) is 0 Å². The summed E-state index contributed by atoms with van der Waals surface area (Å²) in [5.74, 6) is 2.27. The third-order valence-electron chi connectivity index (χ3n) is 5.73. The van der Waals surface area contributed by atoms with E-state index in [9.17, 15) is 13.2 Å². The molecule has 9 heteroatoms. The maximum Gasteiger partial charge on any atom is 0.264 e. The average Bonchev–Trinajstić information content (AvgIpc) is 2.93. The van der Waals surface area contributed by atoms with E-state index in [-0.39, 0.29) is 11.4 Å². The number of aryl methyl sites for hydroxylation is 1. The molecule has 0 unspecified atom stereocenters. The number of nitrogens with one attached hydrogen (secondary N) is 1. The van der Waals surface area contributed by atoms with Crippen molar-refractivity contribution in [1.82, 2.24) is 5.32 Å². The maximum absolute atomic E-state index is 13.6. The monoisotopic (exact) mass is 580 g/mol. The quantitative estimate of drug-likeness (QED) is 0.189. The van der Waals surface area contributed by atoms with Crippen LogP contribution >= 0.6 is 23.4 Å². The molecule has 4 aromatic rings. The van der Waals surface area contributed by atoms with E-state index in [0.717, 1.165) is 21.2 Å². The first-order valence-corrected chi connectivity index (χ1v) is 15.3. The molecule has 0 atom stereocenters. The second-order valence-corrected chi connectivity index (χ2v) is 12.2. The molecule has 0 aliphatic rings. The van der Waals surface area contributed by atoms with Crippen LogP contribution in [0.1, 0.15) is 11.1 Å². The van der Waals surface area contributed by atoms with Crippen LogP contribution in [-0.4, -0.2) is 33.2 Å². The summed E-state index contributed by atoms with van der Waals surface area (Å²) in [5, 5.41) is 3.53. The summed E-state index contributed by atoms with van der Waals surface area (Å²) in [7, 11) is -4.00. The summed E-state index contributed by atoms with van der Waals surface area (Å²) in [6.45, 7) is 1.94. The Morgan fingerprint density at radius 1 is 0.897 bits per heavy atom. The molecule has 39 heavy (non-hydrogen) atoms. The predicted octanol–water partition coefficient (Wildman–Crippen LogP) is 6.69. The molecule has 0 bridgehead atoms. The summed E-state index contributed by atoms with van der Waals surface area (Å²) in [6.07, 6.45) is 0. The van der Waals surface area contributed by atoms with Crippen LogP contribution in [0.4, 0.5) is 5.69 Å².